The molecule has 1 atom stereocenters. The lowest BCUT2D eigenvalue weighted by Crippen LogP contribution is -2.49. The Morgan fingerprint density at radius 3 is 2.63 bits per heavy atom. The van der Waals surface area contributed by atoms with Gasteiger partial charge in [-0.1, -0.05) is 30.3 Å². The summed E-state index contributed by atoms with van der Waals surface area (Å²) in [4.78, 5) is 44.4. The van der Waals surface area contributed by atoms with E-state index < -0.39 is 11.6 Å². The fourth-order valence-corrected chi connectivity index (χ4v) is 4.21. The number of nitrogens with one attached hydrogen (secondary N) is 2. The van der Waals surface area contributed by atoms with Crippen LogP contribution in [0.3, 0.4) is 0 Å². The van der Waals surface area contributed by atoms with Crippen LogP contribution in [0.25, 0.3) is 10.9 Å². The number of benzene rings is 2. The quantitative estimate of drug-likeness (QED) is 0.656. The second-order valence-corrected chi connectivity index (χ2v) is 7.78. The van der Waals surface area contributed by atoms with Crippen molar-refractivity contribution in [3.63, 3.8) is 0 Å². The maximum Gasteiger partial charge on any atom is 0.325 e. The Morgan fingerprint density at radius 2 is 1.87 bits per heavy atom. The second kappa shape index (κ2) is 6.69. The number of rotatable bonds is 3. The van der Waals surface area contributed by atoms with Gasteiger partial charge in [0.15, 0.2) is 0 Å². The van der Waals surface area contributed by atoms with Gasteiger partial charge in [-0.15, -0.1) is 0 Å². The Morgan fingerprint density at radius 1 is 1.10 bits per heavy atom. The summed E-state index contributed by atoms with van der Waals surface area (Å²) in [6.07, 6.45) is 0.351. The van der Waals surface area contributed by atoms with Crippen LogP contribution in [0.2, 0.25) is 0 Å². The van der Waals surface area contributed by atoms with E-state index in [1.165, 1.54) is 12.1 Å². The van der Waals surface area contributed by atoms with Gasteiger partial charge in [0, 0.05) is 17.4 Å². The van der Waals surface area contributed by atoms with E-state index in [1.54, 1.807) is 23.1 Å². The summed E-state index contributed by atoms with van der Waals surface area (Å²) in [6, 6.07) is 14.6. The molecule has 152 valence electrons. The zero-order valence-electron chi connectivity index (χ0n) is 16.0. The van der Waals surface area contributed by atoms with Crippen LogP contribution in [0.4, 0.5) is 9.18 Å². The van der Waals surface area contributed by atoms with Crippen molar-refractivity contribution in [2.24, 2.45) is 0 Å². The smallest absolute Gasteiger partial charge is 0.325 e. The van der Waals surface area contributed by atoms with Gasteiger partial charge in [0.05, 0.1) is 13.1 Å². The molecule has 2 aliphatic rings. The lowest BCUT2D eigenvalue weighted by Gasteiger charge is -2.22. The fraction of sp³-hybridized carbons (Fsp3) is 0.227. The predicted octanol–water partition coefficient (Wildman–Crippen LogP) is 2.64. The van der Waals surface area contributed by atoms with Crippen LogP contribution in [0, 0.1) is 5.82 Å². The van der Waals surface area contributed by atoms with E-state index >= 15 is 0 Å². The zero-order chi connectivity index (χ0) is 20.9. The van der Waals surface area contributed by atoms with Crippen molar-refractivity contribution in [3.8, 4) is 0 Å². The Labute approximate surface area is 171 Å². The summed E-state index contributed by atoms with van der Waals surface area (Å²) in [5.74, 6) is -0.944. The SMILES string of the molecule is O=C(c1cc2ccccc2[nH]1)N1CC[C@@]2(C1)NC(=O)N(Cc1ccc(F)cc1)C2=O. The van der Waals surface area contributed by atoms with E-state index in [9.17, 15) is 18.8 Å². The highest BCUT2D eigenvalue weighted by molar-refractivity contribution is 6.08. The molecular weight excluding hydrogens is 387 g/mol. The van der Waals surface area contributed by atoms with Gasteiger partial charge in [0.25, 0.3) is 11.8 Å². The summed E-state index contributed by atoms with van der Waals surface area (Å²) in [5, 5.41) is 3.72. The summed E-state index contributed by atoms with van der Waals surface area (Å²) in [5.41, 5.74) is 0.860. The van der Waals surface area contributed by atoms with Gasteiger partial charge in [0.1, 0.15) is 17.1 Å². The number of carbonyl (C=O) groups excluding carboxylic acids is 3. The minimum Gasteiger partial charge on any atom is -0.351 e. The molecule has 0 radical (unpaired) electrons. The van der Waals surface area contributed by atoms with Gasteiger partial charge in [-0.2, -0.15) is 0 Å². The average molecular weight is 406 g/mol. The van der Waals surface area contributed by atoms with Crippen molar-refractivity contribution >= 4 is 28.7 Å². The molecule has 30 heavy (non-hydrogen) atoms. The number of nitrogens with zero attached hydrogens (tertiary/aromatic N) is 2. The Bertz CT molecular complexity index is 1140. The Hall–Kier alpha value is -3.68. The van der Waals surface area contributed by atoms with Crippen molar-refractivity contribution in [1.82, 2.24) is 20.1 Å². The molecule has 2 saturated heterocycles. The molecule has 3 aromatic rings. The van der Waals surface area contributed by atoms with E-state index in [1.807, 2.05) is 24.3 Å². The molecule has 3 heterocycles. The first-order chi connectivity index (χ1) is 14.4. The molecule has 0 aliphatic carbocycles. The van der Waals surface area contributed by atoms with Gasteiger partial charge in [-0.3, -0.25) is 14.5 Å². The van der Waals surface area contributed by atoms with Crippen molar-refractivity contribution in [1.29, 1.82) is 0 Å². The lowest BCUT2D eigenvalue weighted by atomic mass is 9.99. The molecule has 2 N–H and O–H groups in total. The summed E-state index contributed by atoms with van der Waals surface area (Å²) < 4.78 is 13.1. The molecule has 2 fully saturated rings. The number of urea groups is 1. The van der Waals surface area contributed by atoms with Crippen LogP contribution < -0.4 is 5.32 Å². The number of likely N-dealkylation sites (tertiary alicyclic amines) is 1. The molecule has 1 spiro atoms. The van der Waals surface area contributed by atoms with Gasteiger partial charge in [-0.05, 0) is 36.2 Å². The summed E-state index contributed by atoms with van der Waals surface area (Å²) in [7, 11) is 0. The van der Waals surface area contributed by atoms with Crippen LogP contribution in [0.15, 0.2) is 54.6 Å². The fourth-order valence-electron chi connectivity index (χ4n) is 4.21. The number of aromatic amines is 1. The number of imide groups is 1. The summed E-state index contributed by atoms with van der Waals surface area (Å²) in [6.45, 7) is 0.541. The van der Waals surface area contributed by atoms with Crippen LogP contribution in [0.5, 0.6) is 0 Å². The topological polar surface area (TPSA) is 85.5 Å². The molecule has 2 aliphatic heterocycles. The molecule has 5 rings (SSSR count). The molecule has 4 amide bonds. The van der Waals surface area contributed by atoms with E-state index in [-0.39, 0.29) is 30.7 Å². The van der Waals surface area contributed by atoms with Crippen molar-refractivity contribution < 1.29 is 18.8 Å². The normalized spacial score (nSPS) is 21.1. The first-order valence-electron chi connectivity index (χ1n) is 9.71. The molecule has 0 saturated carbocycles. The van der Waals surface area contributed by atoms with E-state index in [2.05, 4.69) is 10.3 Å². The molecule has 2 aromatic carbocycles. The van der Waals surface area contributed by atoms with Crippen LogP contribution in [0.1, 0.15) is 22.5 Å². The molecule has 1 aromatic heterocycles. The minimum atomic E-state index is -1.11. The lowest BCUT2D eigenvalue weighted by molar-refractivity contribution is -0.131. The number of fused-ring (bicyclic) bond motifs is 1. The van der Waals surface area contributed by atoms with E-state index in [4.69, 9.17) is 0 Å². The number of H-pyrrole nitrogens is 1. The minimum absolute atomic E-state index is 0.0582. The highest BCUT2D eigenvalue weighted by Crippen LogP contribution is 2.31. The zero-order valence-corrected chi connectivity index (χ0v) is 16.0. The van der Waals surface area contributed by atoms with E-state index in [0.29, 0.717) is 24.2 Å². The van der Waals surface area contributed by atoms with Crippen molar-refractivity contribution in [3.05, 3.63) is 71.7 Å². The monoisotopic (exact) mass is 406 g/mol. The molecule has 0 unspecified atom stereocenters. The Balaban J connectivity index is 1.33. The number of hydrogen-bond donors (Lipinski definition) is 2. The standard InChI is InChI=1S/C22H19FN4O3/c23-16-7-5-14(6-8-16)12-27-20(29)22(25-21(27)30)9-10-26(13-22)19(28)18-11-15-3-1-2-4-17(15)24-18/h1-8,11,24H,9-10,12-13H2,(H,25,30)/t22-/m0/s1. The third-order valence-corrected chi connectivity index (χ3v) is 5.82. The number of aromatic nitrogens is 1. The van der Waals surface area contributed by atoms with E-state index in [0.717, 1.165) is 15.8 Å². The summed E-state index contributed by atoms with van der Waals surface area (Å²) >= 11 is 0. The molecule has 7 nitrogen and oxygen atoms in total. The number of amides is 4. The maximum atomic E-state index is 13.1. The van der Waals surface area contributed by atoms with Crippen molar-refractivity contribution in [2.45, 2.75) is 18.5 Å². The van der Waals surface area contributed by atoms with Crippen LogP contribution in [-0.4, -0.2) is 51.3 Å². The first kappa shape index (κ1) is 18.4. The van der Waals surface area contributed by atoms with Gasteiger partial charge < -0.3 is 15.2 Å². The highest BCUT2D eigenvalue weighted by Gasteiger charge is 2.55. The Kier molecular flexibility index (Phi) is 4.09. The predicted molar refractivity (Wildman–Crippen MR) is 107 cm³/mol. The number of halogens is 1. The van der Waals surface area contributed by atoms with Gasteiger partial charge in [0.2, 0.25) is 0 Å². The number of hydrogen-bond acceptors (Lipinski definition) is 3. The number of para-hydroxylation sites is 1. The third kappa shape index (κ3) is 2.92. The molecular formula is C22H19FN4O3. The average Bonchev–Trinajstić information content (AvgIpc) is 3.42. The van der Waals surface area contributed by atoms with Crippen molar-refractivity contribution in [2.75, 3.05) is 13.1 Å². The first-order valence-corrected chi connectivity index (χ1v) is 9.71. The molecule has 0 bridgehead atoms. The highest BCUT2D eigenvalue weighted by atomic mass is 19.1. The second-order valence-electron chi connectivity index (χ2n) is 7.78. The van der Waals surface area contributed by atoms with Gasteiger partial charge >= 0.3 is 6.03 Å². The molecule has 8 heteroatoms. The van der Waals surface area contributed by atoms with Crippen LogP contribution in [-0.2, 0) is 11.3 Å². The van der Waals surface area contributed by atoms with Gasteiger partial charge in [-0.25, -0.2) is 9.18 Å². The third-order valence-electron chi connectivity index (χ3n) is 5.82. The van der Waals surface area contributed by atoms with Crippen LogP contribution >= 0.6 is 0 Å². The maximum absolute atomic E-state index is 13.1. The largest absolute Gasteiger partial charge is 0.351 e. The number of carbonyl (C=O) groups is 3.